The van der Waals surface area contributed by atoms with E-state index in [1.54, 1.807) is 25.7 Å². The van der Waals surface area contributed by atoms with Crippen molar-refractivity contribution >= 4 is 34.4 Å². The standard InChI is InChI=1S/C37H51N3O4/c1-8-9-10-11-12-17-24-40(35(42)32(26(2)3)39-36(43)44-37(5,6)7)33(31-21-16-13-18-27(31)4)34(41)38-30-23-22-28-19-14-15-20-29(28)25-30/h13-16,18-23,25-26,32-33H,8-12,17,24H2,1-7H3,(H,38,41)(H,39,43). The van der Waals surface area contributed by atoms with Crippen molar-refractivity contribution < 1.29 is 19.1 Å². The van der Waals surface area contributed by atoms with Gasteiger partial charge in [0.25, 0.3) is 5.91 Å². The van der Waals surface area contributed by atoms with Gasteiger partial charge in [-0.2, -0.15) is 0 Å². The molecule has 2 unspecified atom stereocenters. The van der Waals surface area contributed by atoms with E-state index in [1.807, 2.05) is 87.5 Å². The summed E-state index contributed by atoms with van der Waals surface area (Å²) in [6.45, 7) is 13.7. The van der Waals surface area contributed by atoms with Crippen molar-refractivity contribution in [2.24, 2.45) is 5.92 Å². The second-order valence-corrected chi connectivity index (χ2v) is 13.0. The van der Waals surface area contributed by atoms with Crippen LogP contribution in [-0.4, -0.2) is 41.0 Å². The van der Waals surface area contributed by atoms with Crippen molar-refractivity contribution in [3.8, 4) is 0 Å². The van der Waals surface area contributed by atoms with Crippen molar-refractivity contribution in [2.45, 2.75) is 105 Å². The number of amides is 3. The molecule has 2 N–H and O–H groups in total. The van der Waals surface area contributed by atoms with E-state index in [1.165, 1.54) is 6.42 Å². The van der Waals surface area contributed by atoms with Crippen LogP contribution < -0.4 is 10.6 Å². The van der Waals surface area contributed by atoms with Gasteiger partial charge in [0.2, 0.25) is 5.91 Å². The fraction of sp³-hybridized carbons (Fsp3) is 0.486. The smallest absolute Gasteiger partial charge is 0.408 e. The molecule has 7 nitrogen and oxygen atoms in total. The van der Waals surface area contributed by atoms with E-state index in [0.29, 0.717) is 12.2 Å². The minimum atomic E-state index is -0.896. The van der Waals surface area contributed by atoms with Crippen molar-refractivity contribution in [3.05, 3.63) is 77.9 Å². The van der Waals surface area contributed by atoms with Gasteiger partial charge >= 0.3 is 6.09 Å². The molecule has 0 aliphatic heterocycles. The van der Waals surface area contributed by atoms with Gasteiger partial charge < -0.3 is 20.3 Å². The molecule has 3 amide bonds. The van der Waals surface area contributed by atoms with Gasteiger partial charge in [-0.1, -0.05) is 107 Å². The van der Waals surface area contributed by atoms with Gasteiger partial charge in [0, 0.05) is 12.2 Å². The zero-order valence-corrected chi connectivity index (χ0v) is 27.6. The predicted octanol–water partition coefficient (Wildman–Crippen LogP) is 8.57. The number of unbranched alkanes of at least 4 members (excludes halogenated alkanes) is 5. The number of nitrogens with zero attached hydrogens (tertiary/aromatic N) is 1. The molecule has 0 radical (unpaired) electrons. The monoisotopic (exact) mass is 601 g/mol. The van der Waals surface area contributed by atoms with Crippen LogP contribution in [0.25, 0.3) is 10.8 Å². The van der Waals surface area contributed by atoms with E-state index in [0.717, 1.165) is 54.0 Å². The predicted molar refractivity (Wildman–Crippen MR) is 180 cm³/mol. The molecule has 0 spiro atoms. The van der Waals surface area contributed by atoms with Gasteiger partial charge in [-0.25, -0.2) is 4.79 Å². The summed E-state index contributed by atoms with van der Waals surface area (Å²) in [7, 11) is 0. The molecule has 0 aliphatic carbocycles. The number of benzene rings is 3. The van der Waals surface area contributed by atoms with E-state index >= 15 is 0 Å². The molecule has 0 saturated carbocycles. The highest BCUT2D eigenvalue weighted by Gasteiger charge is 2.38. The lowest BCUT2D eigenvalue weighted by Crippen LogP contribution is -2.54. The Morgan fingerprint density at radius 2 is 1.48 bits per heavy atom. The molecule has 0 saturated heterocycles. The Morgan fingerprint density at radius 1 is 0.841 bits per heavy atom. The summed E-state index contributed by atoms with van der Waals surface area (Å²) in [5.41, 5.74) is 1.61. The number of carbonyl (C=O) groups excluding carboxylic acids is 3. The van der Waals surface area contributed by atoms with E-state index < -0.39 is 23.8 Å². The number of hydrogen-bond donors (Lipinski definition) is 2. The maximum atomic E-state index is 14.5. The van der Waals surface area contributed by atoms with Gasteiger partial charge in [0.05, 0.1) is 0 Å². The first kappa shape index (κ1) is 34.6. The molecule has 3 aromatic carbocycles. The summed E-state index contributed by atoms with van der Waals surface area (Å²) in [5.74, 6) is -0.835. The largest absolute Gasteiger partial charge is 0.444 e. The van der Waals surface area contributed by atoms with Crippen LogP contribution in [0.15, 0.2) is 66.7 Å². The van der Waals surface area contributed by atoms with Gasteiger partial charge in [-0.05, 0) is 74.1 Å². The number of nitrogens with one attached hydrogen (secondary N) is 2. The summed E-state index contributed by atoms with van der Waals surface area (Å²) in [5, 5.41) is 8.02. The summed E-state index contributed by atoms with van der Waals surface area (Å²) in [4.78, 5) is 43.3. The number of carbonyl (C=O) groups is 3. The molecule has 0 aliphatic rings. The van der Waals surface area contributed by atoms with E-state index in [4.69, 9.17) is 4.74 Å². The second kappa shape index (κ2) is 16.3. The average molecular weight is 602 g/mol. The molecule has 44 heavy (non-hydrogen) atoms. The Balaban J connectivity index is 2.01. The van der Waals surface area contributed by atoms with Gasteiger partial charge in [0.15, 0.2) is 0 Å². The topological polar surface area (TPSA) is 87.7 Å². The van der Waals surface area contributed by atoms with Crippen molar-refractivity contribution in [1.29, 1.82) is 0 Å². The zero-order chi connectivity index (χ0) is 32.3. The molecule has 3 rings (SSSR count). The number of alkyl carbamates (subject to hydrolysis) is 1. The Kier molecular flexibility index (Phi) is 12.8. The highest BCUT2D eigenvalue weighted by molar-refractivity contribution is 6.00. The molecule has 238 valence electrons. The third-order valence-electron chi connectivity index (χ3n) is 7.70. The molecular weight excluding hydrogens is 550 g/mol. The Labute approximate surface area is 263 Å². The third-order valence-corrected chi connectivity index (χ3v) is 7.70. The summed E-state index contributed by atoms with van der Waals surface area (Å²) >= 11 is 0. The maximum absolute atomic E-state index is 14.5. The number of ether oxygens (including phenoxy) is 1. The van der Waals surface area contributed by atoms with E-state index in [2.05, 4.69) is 17.6 Å². The van der Waals surface area contributed by atoms with Crippen LogP contribution >= 0.6 is 0 Å². The lowest BCUT2D eigenvalue weighted by atomic mass is 9.95. The minimum Gasteiger partial charge on any atom is -0.444 e. The van der Waals surface area contributed by atoms with Crippen molar-refractivity contribution in [2.75, 3.05) is 11.9 Å². The number of anilines is 1. The number of aryl methyl sites for hydroxylation is 1. The third kappa shape index (κ3) is 10.1. The Hall–Kier alpha value is -3.87. The SMILES string of the molecule is CCCCCCCCN(C(=O)C(NC(=O)OC(C)(C)C)C(C)C)C(C(=O)Nc1ccc2ccccc2c1)c1ccccc1C. The zero-order valence-electron chi connectivity index (χ0n) is 27.6. The van der Waals surface area contributed by atoms with Gasteiger partial charge in [-0.15, -0.1) is 0 Å². The fourth-order valence-corrected chi connectivity index (χ4v) is 5.38. The van der Waals surface area contributed by atoms with Gasteiger partial charge in [0.1, 0.15) is 17.7 Å². The first-order valence-corrected chi connectivity index (χ1v) is 16.1. The molecular formula is C37H51N3O4. The summed E-state index contributed by atoms with van der Waals surface area (Å²) in [6, 6.07) is 19.7. The van der Waals surface area contributed by atoms with E-state index in [-0.39, 0.29) is 17.7 Å². The molecule has 0 aromatic heterocycles. The van der Waals surface area contributed by atoms with Crippen LogP contribution in [0.5, 0.6) is 0 Å². The number of rotatable bonds is 14. The Morgan fingerprint density at radius 3 is 2.14 bits per heavy atom. The fourth-order valence-electron chi connectivity index (χ4n) is 5.38. The molecule has 0 fully saturated rings. The maximum Gasteiger partial charge on any atom is 0.408 e. The van der Waals surface area contributed by atoms with Crippen LogP contribution in [-0.2, 0) is 14.3 Å². The molecule has 7 heteroatoms. The lowest BCUT2D eigenvalue weighted by molar-refractivity contribution is -0.141. The molecule has 0 bridgehead atoms. The number of hydrogen-bond acceptors (Lipinski definition) is 4. The van der Waals surface area contributed by atoms with Crippen LogP contribution in [0.1, 0.15) is 97.2 Å². The van der Waals surface area contributed by atoms with E-state index in [9.17, 15) is 14.4 Å². The minimum absolute atomic E-state index is 0.233. The highest BCUT2D eigenvalue weighted by atomic mass is 16.6. The highest BCUT2D eigenvalue weighted by Crippen LogP contribution is 2.29. The summed E-state index contributed by atoms with van der Waals surface area (Å²) < 4.78 is 5.51. The molecule has 0 heterocycles. The van der Waals surface area contributed by atoms with Gasteiger partial charge in [-0.3, -0.25) is 9.59 Å². The quantitative estimate of drug-likeness (QED) is 0.181. The lowest BCUT2D eigenvalue weighted by Gasteiger charge is -2.36. The van der Waals surface area contributed by atoms with Crippen LogP contribution in [0.2, 0.25) is 0 Å². The molecule has 3 aromatic rings. The average Bonchev–Trinajstić information content (AvgIpc) is 2.96. The van der Waals surface area contributed by atoms with Crippen molar-refractivity contribution in [1.82, 2.24) is 10.2 Å². The van der Waals surface area contributed by atoms with Crippen LogP contribution in [0, 0.1) is 12.8 Å². The van der Waals surface area contributed by atoms with Crippen LogP contribution in [0.4, 0.5) is 10.5 Å². The Bertz CT molecular complexity index is 1390. The molecule has 2 atom stereocenters. The first-order chi connectivity index (χ1) is 20.9. The van der Waals surface area contributed by atoms with Crippen LogP contribution in [0.3, 0.4) is 0 Å². The normalized spacial score (nSPS) is 12.9. The second-order valence-electron chi connectivity index (χ2n) is 13.0. The number of fused-ring (bicyclic) bond motifs is 1. The first-order valence-electron chi connectivity index (χ1n) is 16.1. The van der Waals surface area contributed by atoms with Crippen molar-refractivity contribution in [3.63, 3.8) is 0 Å². The summed E-state index contributed by atoms with van der Waals surface area (Å²) in [6.07, 6.45) is 5.58.